The predicted octanol–water partition coefficient (Wildman–Crippen LogP) is 1.36. The SMILES string of the molecule is CNC1CCCC1Sc1nnc(C)n1C. The van der Waals surface area contributed by atoms with Crippen molar-refractivity contribution in [1.82, 2.24) is 20.1 Å². The molecule has 15 heavy (non-hydrogen) atoms. The molecule has 4 nitrogen and oxygen atoms in total. The standard InChI is InChI=1S/C10H18N4S/c1-7-12-13-10(14(7)3)15-9-6-4-5-8(9)11-2/h8-9,11H,4-6H2,1-3H3. The van der Waals surface area contributed by atoms with Crippen LogP contribution in [0.3, 0.4) is 0 Å². The molecular formula is C10H18N4S. The Morgan fingerprint density at radius 2 is 2.20 bits per heavy atom. The van der Waals surface area contributed by atoms with Gasteiger partial charge in [-0.25, -0.2) is 0 Å². The van der Waals surface area contributed by atoms with Gasteiger partial charge in [0.2, 0.25) is 0 Å². The van der Waals surface area contributed by atoms with Crippen LogP contribution in [0.5, 0.6) is 0 Å². The lowest BCUT2D eigenvalue weighted by atomic mass is 10.2. The van der Waals surface area contributed by atoms with Crippen molar-refractivity contribution in [3.63, 3.8) is 0 Å². The van der Waals surface area contributed by atoms with E-state index in [1.165, 1.54) is 19.3 Å². The maximum Gasteiger partial charge on any atom is 0.191 e. The van der Waals surface area contributed by atoms with Crippen molar-refractivity contribution in [3.8, 4) is 0 Å². The normalized spacial score (nSPS) is 26.1. The van der Waals surface area contributed by atoms with Gasteiger partial charge < -0.3 is 9.88 Å². The highest BCUT2D eigenvalue weighted by Gasteiger charge is 2.28. The van der Waals surface area contributed by atoms with Crippen molar-refractivity contribution in [2.24, 2.45) is 7.05 Å². The number of thioether (sulfide) groups is 1. The fourth-order valence-corrected chi connectivity index (χ4v) is 3.39. The van der Waals surface area contributed by atoms with Crippen LogP contribution in [0.15, 0.2) is 5.16 Å². The quantitative estimate of drug-likeness (QED) is 0.845. The molecule has 0 bridgehead atoms. The summed E-state index contributed by atoms with van der Waals surface area (Å²) < 4.78 is 2.07. The zero-order chi connectivity index (χ0) is 10.8. The van der Waals surface area contributed by atoms with Gasteiger partial charge in [0.05, 0.1) is 0 Å². The second-order valence-corrected chi connectivity index (χ2v) is 5.28. The fraction of sp³-hybridized carbons (Fsp3) is 0.800. The monoisotopic (exact) mass is 226 g/mol. The molecule has 0 saturated heterocycles. The lowest BCUT2D eigenvalue weighted by Gasteiger charge is -2.17. The molecule has 1 saturated carbocycles. The van der Waals surface area contributed by atoms with E-state index in [9.17, 15) is 0 Å². The van der Waals surface area contributed by atoms with Gasteiger partial charge in [-0.2, -0.15) is 0 Å². The van der Waals surface area contributed by atoms with Crippen LogP contribution in [-0.4, -0.2) is 33.1 Å². The van der Waals surface area contributed by atoms with E-state index in [4.69, 9.17) is 0 Å². The molecule has 84 valence electrons. The van der Waals surface area contributed by atoms with Gasteiger partial charge >= 0.3 is 0 Å². The topological polar surface area (TPSA) is 42.7 Å². The van der Waals surface area contributed by atoms with Gasteiger partial charge in [0.1, 0.15) is 5.82 Å². The molecule has 1 aliphatic carbocycles. The lowest BCUT2D eigenvalue weighted by Crippen LogP contribution is -2.30. The number of nitrogens with zero attached hydrogens (tertiary/aromatic N) is 3. The summed E-state index contributed by atoms with van der Waals surface area (Å²) in [6, 6.07) is 0.631. The molecule has 2 rings (SSSR count). The molecule has 5 heteroatoms. The van der Waals surface area contributed by atoms with Crippen molar-refractivity contribution in [3.05, 3.63) is 5.82 Å². The largest absolute Gasteiger partial charge is 0.316 e. The molecule has 0 radical (unpaired) electrons. The number of rotatable bonds is 3. The predicted molar refractivity (Wildman–Crippen MR) is 62.1 cm³/mol. The molecule has 1 N–H and O–H groups in total. The third-order valence-electron chi connectivity index (χ3n) is 3.13. The molecule has 0 aliphatic heterocycles. The Hall–Kier alpha value is -0.550. The third kappa shape index (κ3) is 2.18. The van der Waals surface area contributed by atoms with E-state index in [2.05, 4.69) is 20.1 Å². The van der Waals surface area contributed by atoms with E-state index in [1.54, 1.807) is 0 Å². The summed E-state index contributed by atoms with van der Waals surface area (Å²) in [5.74, 6) is 0.983. The van der Waals surface area contributed by atoms with Crippen molar-refractivity contribution < 1.29 is 0 Å². The van der Waals surface area contributed by atoms with Crippen molar-refractivity contribution in [2.75, 3.05) is 7.05 Å². The maximum absolute atomic E-state index is 4.20. The smallest absolute Gasteiger partial charge is 0.191 e. The minimum absolute atomic E-state index is 0.631. The molecule has 1 heterocycles. The second kappa shape index (κ2) is 4.53. The average Bonchev–Trinajstić information content (AvgIpc) is 2.80. The van der Waals surface area contributed by atoms with Crippen molar-refractivity contribution >= 4 is 11.8 Å². The van der Waals surface area contributed by atoms with E-state index in [-0.39, 0.29) is 0 Å². The van der Waals surface area contributed by atoms with Crippen LogP contribution in [0.1, 0.15) is 25.1 Å². The molecule has 1 aromatic rings. The van der Waals surface area contributed by atoms with Crippen LogP contribution in [0.4, 0.5) is 0 Å². The van der Waals surface area contributed by atoms with Crippen LogP contribution in [0.25, 0.3) is 0 Å². The third-order valence-corrected chi connectivity index (χ3v) is 4.57. The Balaban J connectivity index is 2.05. The van der Waals surface area contributed by atoms with Crippen molar-refractivity contribution in [1.29, 1.82) is 0 Å². The number of hydrogen-bond donors (Lipinski definition) is 1. The fourth-order valence-electron chi connectivity index (χ4n) is 2.02. The minimum Gasteiger partial charge on any atom is -0.316 e. The zero-order valence-electron chi connectivity index (χ0n) is 9.53. The number of aromatic nitrogens is 3. The van der Waals surface area contributed by atoms with Gasteiger partial charge in [0, 0.05) is 18.3 Å². The molecular weight excluding hydrogens is 208 g/mol. The average molecular weight is 226 g/mol. The summed E-state index contributed by atoms with van der Waals surface area (Å²) in [6.07, 6.45) is 3.88. The summed E-state index contributed by atoms with van der Waals surface area (Å²) in [5, 5.41) is 13.4. The van der Waals surface area contributed by atoms with E-state index >= 15 is 0 Å². The Kier molecular flexibility index (Phi) is 3.31. The van der Waals surface area contributed by atoms with Gasteiger partial charge in [-0.05, 0) is 26.8 Å². The molecule has 2 atom stereocenters. The summed E-state index contributed by atoms with van der Waals surface area (Å²) in [5.41, 5.74) is 0. The first-order valence-electron chi connectivity index (χ1n) is 5.42. The minimum atomic E-state index is 0.631. The highest BCUT2D eigenvalue weighted by Crippen LogP contribution is 2.33. The molecule has 0 aromatic carbocycles. The Labute approximate surface area is 94.8 Å². The van der Waals surface area contributed by atoms with E-state index in [0.717, 1.165) is 11.0 Å². The van der Waals surface area contributed by atoms with Crippen LogP contribution in [0, 0.1) is 6.92 Å². The molecule has 0 amide bonds. The van der Waals surface area contributed by atoms with Crippen LogP contribution in [0.2, 0.25) is 0 Å². The van der Waals surface area contributed by atoms with Gasteiger partial charge in [-0.1, -0.05) is 18.2 Å². The Morgan fingerprint density at radius 1 is 1.40 bits per heavy atom. The van der Waals surface area contributed by atoms with Crippen molar-refractivity contribution in [2.45, 2.75) is 42.6 Å². The van der Waals surface area contributed by atoms with E-state index in [0.29, 0.717) is 11.3 Å². The summed E-state index contributed by atoms with van der Waals surface area (Å²) >= 11 is 1.86. The molecule has 1 aromatic heterocycles. The van der Waals surface area contributed by atoms with Gasteiger partial charge in [-0.15, -0.1) is 10.2 Å². The number of nitrogens with one attached hydrogen (secondary N) is 1. The molecule has 1 fully saturated rings. The summed E-state index contributed by atoms with van der Waals surface area (Å²) in [7, 11) is 4.08. The Morgan fingerprint density at radius 3 is 2.80 bits per heavy atom. The van der Waals surface area contributed by atoms with Gasteiger partial charge in [0.25, 0.3) is 0 Å². The first-order chi connectivity index (χ1) is 7.22. The Bertz CT molecular complexity index is 336. The number of hydrogen-bond acceptors (Lipinski definition) is 4. The van der Waals surface area contributed by atoms with E-state index in [1.807, 2.05) is 32.8 Å². The first-order valence-corrected chi connectivity index (χ1v) is 6.30. The summed E-state index contributed by atoms with van der Waals surface area (Å²) in [6.45, 7) is 1.99. The highest BCUT2D eigenvalue weighted by atomic mass is 32.2. The summed E-state index contributed by atoms with van der Waals surface area (Å²) in [4.78, 5) is 0. The highest BCUT2D eigenvalue weighted by molar-refractivity contribution is 7.99. The van der Waals surface area contributed by atoms with Gasteiger partial charge in [0.15, 0.2) is 5.16 Å². The molecule has 2 unspecified atom stereocenters. The van der Waals surface area contributed by atoms with E-state index < -0.39 is 0 Å². The van der Waals surface area contributed by atoms with Crippen LogP contribution in [-0.2, 0) is 7.05 Å². The van der Waals surface area contributed by atoms with Crippen LogP contribution >= 0.6 is 11.8 Å². The van der Waals surface area contributed by atoms with Crippen LogP contribution < -0.4 is 5.32 Å². The number of aryl methyl sites for hydroxylation is 1. The second-order valence-electron chi connectivity index (χ2n) is 4.07. The maximum atomic E-state index is 4.20. The lowest BCUT2D eigenvalue weighted by molar-refractivity contribution is 0.589. The molecule has 1 aliphatic rings. The van der Waals surface area contributed by atoms with Gasteiger partial charge in [-0.3, -0.25) is 0 Å². The zero-order valence-corrected chi connectivity index (χ0v) is 10.3. The first kappa shape index (κ1) is 11.0. The molecule has 0 spiro atoms.